The molecule has 7 heteroatoms. The van der Waals surface area contributed by atoms with Crippen LogP contribution in [0, 0.1) is 0 Å². The molecule has 2 aromatic rings. The zero-order valence-electron chi connectivity index (χ0n) is 12.9. The van der Waals surface area contributed by atoms with Crippen molar-refractivity contribution in [2.75, 3.05) is 19.7 Å². The van der Waals surface area contributed by atoms with Crippen LogP contribution in [0.5, 0.6) is 0 Å². The third kappa shape index (κ3) is 4.29. The fraction of sp³-hybridized carbons (Fsp3) is 0.294. The molecule has 0 aromatic heterocycles. The predicted octanol–water partition coefficient (Wildman–Crippen LogP) is 3.90. The molecule has 0 N–H and O–H groups in total. The molecule has 0 spiro atoms. The quantitative estimate of drug-likeness (QED) is 0.801. The van der Waals surface area contributed by atoms with Crippen molar-refractivity contribution in [2.24, 2.45) is 0 Å². The van der Waals surface area contributed by atoms with E-state index in [2.05, 4.69) is 0 Å². The second kappa shape index (κ2) is 7.42. The molecule has 24 heavy (non-hydrogen) atoms. The van der Waals surface area contributed by atoms with Crippen LogP contribution in [0.3, 0.4) is 0 Å². The van der Waals surface area contributed by atoms with Gasteiger partial charge in [-0.25, -0.2) is 8.42 Å². The smallest absolute Gasteiger partial charge is 0.218 e. The molecule has 3 rings (SSSR count). The molecule has 0 amide bonds. The van der Waals surface area contributed by atoms with Crippen molar-refractivity contribution in [2.45, 2.75) is 11.9 Å². The van der Waals surface area contributed by atoms with Crippen molar-refractivity contribution < 1.29 is 13.2 Å². The second-order valence-corrected chi connectivity index (χ2v) is 8.50. The fourth-order valence-corrected chi connectivity index (χ4v) is 4.51. The molecule has 0 saturated carbocycles. The average molecular weight is 386 g/mol. The van der Waals surface area contributed by atoms with Gasteiger partial charge in [0.05, 0.1) is 18.5 Å². The summed E-state index contributed by atoms with van der Waals surface area (Å²) in [6.45, 7) is 1.00. The molecule has 1 fully saturated rings. The standard InChI is InChI=1S/C17H17Cl2NO3S/c18-15-6-4-13(5-7-15)12-24(21,22)20-8-9-23-17(11-20)14-2-1-3-16(19)10-14/h1-7,10,17H,8-9,11-12H2. The minimum absolute atomic E-state index is 0.0492. The summed E-state index contributed by atoms with van der Waals surface area (Å²) in [7, 11) is -3.42. The molecule has 1 saturated heterocycles. The van der Waals surface area contributed by atoms with Gasteiger partial charge in [0.1, 0.15) is 0 Å². The highest BCUT2D eigenvalue weighted by Gasteiger charge is 2.30. The zero-order valence-corrected chi connectivity index (χ0v) is 15.2. The molecule has 1 aliphatic rings. The van der Waals surface area contributed by atoms with Gasteiger partial charge in [0.2, 0.25) is 10.0 Å². The number of hydrogen-bond donors (Lipinski definition) is 0. The first kappa shape index (κ1) is 17.7. The summed E-state index contributed by atoms with van der Waals surface area (Å²) in [5, 5.41) is 1.20. The second-order valence-electron chi connectivity index (χ2n) is 5.66. The van der Waals surface area contributed by atoms with Gasteiger partial charge in [-0.1, -0.05) is 47.5 Å². The number of morpholine rings is 1. The van der Waals surface area contributed by atoms with Crippen LogP contribution in [0.15, 0.2) is 48.5 Å². The van der Waals surface area contributed by atoms with Gasteiger partial charge in [-0.15, -0.1) is 0 Å². The first-order valence-corrected chi connectivity index (χ1v) is 9.90. The highest BCUT2D eigenvalue weighted by atomic mass is 35.5. The van der Waals surface area contributed by atoms with E-state index in [9.17, 15) is 8.42 Å². The Bertz CT molecular complexity index is 809. The number of benzene rings is 2. The Labute approximate surface area is 152 Å². The lowest BCUT2D eigenvalue weighted by Gasteiger charge is -2.32. The number of sulfonamides is 1. The van der Waals surface area contributed by atoms with E-state index >= 15 is 0 Å². The van der Waals surface area contributed by atoms with E-state index in [1.54, 1.807) is 30.3 Å². The van der Waals surface area contributed by atoms with Crippen molar-refractivity contribution in [3.05, 3.63) is 69.7 Å². The lowest BCUT2D eigenvalue weighted by Crippen LogP contribution is -2.42. The number of ether oxygens (including phenoxy) is 1. The lowest BCUT2D eigenvalue weighted by atomic mass is 10.1. The van der Waals surface area contributed by atoms with Crippen LogP contribution in [0.25, 0.3) is 0 Å². The minimum atomic E-state index is -3.42. The van der Waals surface area contributed by atoms with E-state index in [0.717, 1.165) is 5.56 Å². The molecule has 0 bridgehead atoms. The zero-order chi connectivity index (χ0) is 17.2. The summed E-state index contributed by atoms with van der Waals surface area (Å²) >= 11 is 11.9. The Hall–Kier alpha value is -1.11. The van der Waals surface area contributed by atoms with Crippen molar-refractivity contribution in [1.82, 2.24) is 4.31 Å². The third-order valence-corrected chi connectivity index (χ3v) is 6.21. The van der Waals surface area contributed by atoms with Crippen LogP contribution in [0.1, 0.15) is 17.2 Å². The maximum atomic E-state index is 12.7. The van der Waals surface area contributed by atoms with E-state index in [1.165, 1.54) is 4.31 Å². The van der Waals surface area contributed by atoms with Crippen LogP contribution in [-0.2, 0) is 20.5 Å². The van der Waals surface area contributed by atoms with Gasteiger partial charge in [0.25, 0.3) is 0 Å². The Kier molecular flexibility index (Phi) is 5.47. The summed E-state index contributed by atoms with van der Waals surface area (Å²) in [4.78, 5) is 0. The van der Waals surface area contributed by atoms with E-state index < -0.39 is 10.0 Å². The molecule has 1 atom stereocenters. The first-order valence-electron chi connectivity index (χ1n) is 7.53. The van der Waals surface area contributed by atoms with Gasteiger partial charge in [-0.3, -0.25) is 0 Å². The maximum absolute atomic E-state index is 12.7. The van der Waals surface area contributed by atoms with Crippen LogP contribution in [0.2, 0.25) is 10.0 Å². The first-order chi connectivity index (χ1) is 11.4. The number of nitrogens with zero attached hydrogens (tertiary/aromatic N) is 1. The van der Waals surface area contributed by atoms with E-state index in [-0.39, 0.29) is 18.4 Å². The topological polar surface area (TPSA) is 46.6 Å². The molecule has 0 aliphatic carbocycles. The van der Waals surface area contributed by atoms with Crippen LogP contribution < -0.4 is 0 Å². The molecular formula is C17H17Cl2NO3S. The predicted molar refractivity (Wildman–Crippen MR) is 95.8 cm³/mol. The van der Waals surface area contributed by atoms with E-state index in [1.807, 2.05) is 18.2 Å². The summed E-state index contributed by atoms with van der Waals surface area (Å²) in [5.41, 5.74) is 1.60. The summed E-state index contributed by atoms with van der Waals surface area (Å²) < 4.78 is 32.6. The maximum Gasteiger partial charge on any atom is 0.218 e. The Morgan fingerprint density at radius 3 is 2.54 bits per heavy atom. The average Bonchev–Trinajstić information content (AvgIpc) is 2.57. The Morgan fingerprint density at radius 1 is 1.08 bits per heavy atom. The van der Waals surface area contributed by atoms with Gasteiger partial charge < -0.3 is 4.74 Å². The monoisotopic (exact) mass is 385 g/mol. The van der Waals surface area contributed by atoms with Crippen LogP contribution in [0.4, 0.5) is 0 Å². The van der Waals surface area contributed by atoms with Crippen LogP contribution >= 0.6 is 23.2 Å². The minimum Gasteiger partial charge on any atom is -0.371 e. The van der Waals surface area contributed by atoms with Crippen molar-refractivity contribution in [3.63, 3.8) is 0 Å². The summed E-state index contributed by atoms with van der Waals surface area (Å²) in [5.74, 6) is -0.0492. The summed E-state index contributed by atoms with van der Waals surface area (Å²) in [6, 6.07) is 14.2. The van der Waals surface area contributed by atoms with Gasteiger partial charge >= 0.3 is 0 Å². The molecule has 1 aliphatic heterocycles. The van der Waals surface area contributed by atoms with Gasteiger partial charge in [0, 0.05) is 23.1 Å². The lowest BCUT2D eigenvalue weighted by molar-refractivity contribution is -0.00259. The largest absolute Gasteiger partial charge is 0.371 e. The van der Waals surface area contributed by atoms with Gasteiger partial charge in [-0.05, 0) is 35.4 Å². The fourth-order valence-electron chi connectivity index (χ4n) is 2.67. The highest BCUT2D eigenvalue weighted by molar-refractivity contribution is 7.88. The molecule has 128 valence electrons. The number of hydrogen-bond acceptors (Lipinski definition) is 3. The van der Waals surface area contributed by atoms with Crippen molar-refractivity contribution >= 4 is 33.2 Å². The van der Waals surface area contributed by atoms with E-state index in [0.29, 0.717) is 28.8 Å². The number of rotatable bonds is 4. The number of halogens is 2. The summed E-state index contributed by atoms with van der Waals surface area (Å²) in [6.07, 6.45) is -0.308. The van der Waals surface area contributed by atoms with Crippen molar-refractivity contribution in [3.8, 4) is 0 Å². The molecule has 1 unspecified atom stereocenters. The van der Waals surface area contributed by atoms with E-state index in [4.69, 9.17) is 27.9 Å². The Morgan fingerprint density at radius 2 is 1.83 bits per heavy atom. The molecule has 2 aromatic carbocycles. The Balaban J connectivity index is 1.74. The molecular weight excluding hydrogens is 369 g/mol. The van der Waals surface area contributed by atoms with Crippen LogP contribution in [-0.4, -0.2) is 32.4 Å². The van der Waals surface area contributed by atoms with Crippen molar-refractivity contribution in [1.29, 1.82) is 0 Å². The SMILES string of the molecule is O=S(=O)(Cc1ccc(Cl)cc1)N1CCOC(c2cccc(Cl)c2)C1. The third-order valence-electron chi connectivity index (χ3n) is 3.91. The normalized spacial score (nSPS) is 19.3. The molecule has 1 heterocycles. The highest BCUT2D eigenvalue weighted by Crippen LogP contribution is 2.26. The molecule has 0 radical (unpaired) electrons. The van der Waals surface area contributed by atoms with Gasteiger partial charge in [-0.2, -0.15) is 4.31 Å². The van der Waals surface area contributed by atoms with Gasteiger partial charge in [0.15, 0.2) is 0 Å². The molecule has 4 nitrogen and oxygen atoms in total.